The predicted molar refractivity (Wildman–Crippen MR) is 127 cm³/mol. The van der Waals surface area contributed by atoms with Gasteiger partial charge in [-0.2, -0.15) is 0 Å². The summed E-state index contributed by atoms with van der Waals surface area (Å²) < 4.78 is 11.5. The lowest BCUT2D eigenvalue weighted by Gasteiger charge is -2.10. The van der Waals surface area contributed by atoms with E-state index >= 15 is 0 Å². The molecule has 1 fully saturated rings. The lowest BCUT2D eigenvalue weighted by atomic mass is 10.1. The summed E-state index contributed by atoms with van der Waals surface area (Å²) in [5, 5.41) is 4.98. The molecule has 4 rings (SSSR count). The molecule has 0 radical (unpaired) electrons. The molecule has 1 atom stereocenters. The van der Waals surface area contributed by atoms with Crippen molar-refractivity contribution in [2.45, 2.75) is 24.8 Å². The van der Waals surface area contributed by atoms with Gasteiger partial charge in [0.2, 0.25) is 5.91 Å². The molecule has 0 spiro atoms. The number of ether oxygens (including phenoxy) is 2. The Morgan fingerprint density at radius 2 is 1.70 bits per heavy atom. The van der Waals surface area contributed by atoms with Gasteiger partial charge in [-0.1, -0.05) is 54.2 Å². The number of imide groups is 1. The molecule has 170 valence electrons. The van der Waals surface area contributed by atoms with Crippen molar-refractivity contribution in [1.29, 1.82) is 0 Å². The third-order valence-corrected chi connectivity index (χ3v) is 5.99. The number of pyridine rings is 1. The molecule has 0 bridgehead atoms. The van der Waals surface area contributed by atoms with Crippen molar-refractivity contribution >= 4 is 22.9 Å². The maximum atomic E-state index is 11.7. The average Bonchev–Trinajstić information content (AvgIpc) is 3.16. The predicted octanol–water partition coefficient (Wildman–Crippen LogP) is 3.72. The molecule has 7 nitrogen and oxygen atoms in total. The molecule has 2 aromatic carbocycles. The van der Waals surface area contributed by atoms with Crippen LogP contribution in [0.2, 0.25) is 0 Å². The minimum absolute atomic E-state index is 0.222. The van der Waals surface area contributed by atoms with Crippen LogP contribution >= 0.6 is 11.8 Å². The second-order valence-corrected chi connectivity index (χ2v) is 8.69. The van der Waals surface area contributed by atoms with Gasteiger partial charge in [-0.15, -0.1) is 0 Å². The molecule has 8 heteroatoms. The van der Waals surface area contributed by atoms with E-state index in [1.165, 1.54) is 0 Å². The van der Waals surface area contributed by atoms with E-state index in [4.69, 9.17) is 9.47 Å². The fraction of sp³-hybridized carbons (Fsp3) is 0.240. The van der Waals surface area contributed by atoms with E-state index < -0.39 is 0 Å². The second kappa shape index (κ2) is 11.5. The zero-order chi connectivity index (χ0) is 22.9. The largest absolute Gasteiger partial charge is 0.492 e. The first-order valence-electron chi connectivity index (χ1n) is 10.7. The molecule has 0 saturated carbocycles. The number of carbonyl (C=O) groups excluding carboxylic acids is 2. The first-order chi connectivity index (χ1) is 16.2. The van der Waals surface area contributed by atoms with Gasteiger partial charge >= 0.3 is 0 Å². The molecular formula is C25H25N3O4S. The fourth-order valence-electron chi connectivity index (χ4n) is 3.26. The van der Waals surface area contributed by atoms with E-state index in [0.717, 1.165) is 40.1 Å². The highest BCUT2D eigenvalue weighted by Crippen LogP contribution is 2.23. The smallest absolute Gasteiger partial charge is 0.286 e. The third-order valence-electron chi connectivity index (χ3n) is 5.01. The van der Waals surface area contributed by atoms with Gasteiger partial charge in [0.15, 0.2) is 0 Å². The van der Waals surface area contributed by atoms with E-state index in [1.807, 2.05) is 66.7 Å². The van der Waals surface area contributed by atoms with Crippen LogP contribution in [0.1, 0.15) is 16.8 Å². The Morgan fingerprint density at radius 3 is 2.39 bits per heavy atom. The summed E-state index contributed by atoms with van der Waals surface area (Å²) in [4.78, 5) is 27.4. The van der Waals surface area contributed by atoms with Crippen LogP contribution in [0, 0.1) is 0 Å². The highest BCUT2D eigenvalue weighted by Gasteiger charge is 2.31. The summed E-state index contributed by atoms with van der Waals surface area (Å²) in [6.07, 6.45) is 2.26. The lowest BCUT2D eigenvalue weighted by molar-refractivity contribution is -0.118. The molecule has 33 heavy (non-hydrogen) atoms. The van der Waals surface area contributed by atoms with Crippen LogP contribution in [0.25, 0.3) is 0 Å². The lowest BCUT2D eigenvalue weighted by Crippen LogP contribution is -2.25. The van der Waals surface area contributed by atoms with Crippen LogP contribution in [0.5, 0.6) is 11.5 Å². The number of nitrogens with one attached hydrogen (secondary N) is 2. The normalized spacial score (nSPS) is 15.3. The highest BCUT2D eigenvalue weighted by atomic mass is 32.2. The Kier molecular flexibility index (Phi) is 7.94. The minimum atomic E-state index is -0.355. The molecule has 3 aromatic rings. The van der Waals surface area contributed by atoms with Gasteiger partial charge in [0, 0.05) is 13.1 Å². The topological polar surface area (TPSA) is 89.6 Å². The zero-order valence-electron chi connectivity index (χ0n) is 18.0. The van der Waals surface area contributed by atoms with Crippen LogP contribution in [0.4, 0.5) is 4.79 Å². The van der Waals surface area contributed by atoms with Gasteiger partial charge < -0.3 is 14.8 Å². The molecule has 2 heterocycles. The Balaban J connectivity index is 1.12. The standard InChI is InChI=1S/C25H25N3O4S/c29-24-23(33-25(30)28-24)14-18-6-9-21(10-7-18)31-13-12-26-15-20-8-11-22(16-27-20)32-17-19-4-2-1-3-5-19/h1-11,16,23,26H,12-15,17H2,(H,28,29,30). The summed E-state index contributed by atoms with van der Waals surface area (Å²) >= 11 is 1.04. The van der Waals surface area contributed by atoms with Crippen molar-refractivity contribution in [1.82, 2.24) is 15.6 Å². The molecular weight excluding hydrogens is 438 g/mol. The number of thioether (sulfide) groups is 1. The number of amides is 2. The van der Waals surface area contributed by atoms with E-state index in [-0.39, 0.29) is 16.4 Å². The van der Waals surface area contributed by atoms with Gasteiger partial charge in [-0.3, -0.25) is 19.9 Å². The summed E-state index contributed by atoms with van der Waals surface area (Å²) in [7, 11) is 0. The number of hydrogen-bond acceptors (Lipinski definition) is 7. The maximum Gasteiger partial charge on any atom is 0.286 e. The van der Waals surface area contributed by atoms with Crippen molar-refractivity contribution < 1.29 is 19.1 Å². The van der Waals surface area contributed by atoms with Crippen molar-refractivity contribution in [3.05, 3.63) is 89.7 Å². The minimum Gasteiger partial charge on any atom is -0.492 e. The van der Waals surface area contributed by atoms with Crippen molar-refractivity contribution in [2.75, 3.05) is 13.2 Å². The first-order valence-corrected chi connectivity index (χ1v) is 11.6. The number of aromatic nitrogens is 1. The number of benzene rings is 2. The zero-order valence-corrected chi connectivity index (χ0v) is 18.8. The van der Waals surface area contributed by atoms with Crippen LogP contribution in [-0.4, -0.2) is 34.5 Å². The quantitative estimate of drug-likeness (QED) is 0.419. The average molecular weight is 464 g/mol. The molecule has 1 saturated heterocycles. The third kappa shape index (κ3) is 7.06. The van der Waals surface area contributed by atoms with Gasteiger partial charge in [-0.25, -0.2) is 0 Å². The molecule has 2 N–H and O–H groups in total. The number of hydrogen-bond donors (Lipinski definition) is 2. The SMILES string of the molecule is O=C1NC(=O)C(Cc2ccc(OCCNCc3ccc(OCc4ccccc4)cn3)cc2)S1. The maximum absolute atomic E-state index is 11.7. The molecule has 1 aliphatic rings. The second-order valence-electron chi connectivity index (χ2n) is 7.52. The number of rotatable bonds is 11. The Morgan fingerprint density at radius 1 is 0.909 bits per heavy atom. The molecule has 1 aliphatic heterocycles. The highest BCUT2D eigenvalue weighted by molar-refractivity contribution is 8.15. The summed E-state index contributed by atoms with van der Waals surface area (Å²) in [6, 6.07) is 21.5. The first kappa shape index (κ1) is 22.8. The van der Waals surface area contributed by atoms with Crippen molar-refractivity contribution in [3.8, 4) is 11.5 Å². The van der Waals surface area contributed by atoms with Crippen LogP contribution < -0.4 is 20.1 Å². The van der Waals surface area contributed by atoms with E-state index in [9.17, 15) is 9.59 Å². The van der Waals surface area contributed by atoms with Crippen LogP contribution in [0.3, 0.4) is 0 Å². The number of carbonyl (C=O) groups is 2. The Bertz CT molecular complexity index is 1060. The monoisotopic (exact) mass is 463 g/mol. The molecule has 0 aliphatic carbocycles. The summed E-state index contributed by atoms with van der Waals surface area (Å²) in [5.41, 5.74) is 3.04. The van der Waals surface area contributed by atoms with Gasteiger partial charge in [-0.05, 0) is 41.8 Å². The van der Waals surface area contributed by atoms with E-state index in [1.54, 1.807) is 6.20 Å². The fourth-order valence-corrected chi connectivity index (χ4v) is 4.12. The van der Waals surface area contributed by atoms with Gasteiger partial charge in [0.25, 0.3) is 5.24 Å². The van der Waals surface area contributed by atoms with Crippen molar-refractivity contribution in [2.24, 2.45) is 0 Å². The van der Waals surface area contributed by atoms with Crippen LogP contribution in [0.15, 0.2) is 72.9 Å². The number of nitrogens with zero attached hydrogens (tertiary/aromatic N) is 1. The Hall–Kier alpha value is -3.36. The summed E-state index contributed by atoms with van der Waals surface area (Å²) in [5.74, 6) is 1.28. The van der Waals surface area contributed by atoms with Gasteiger partial charge in [0.05, 0.1) is 17.1 Å². The van der Waals surface area contributed by atoms with E-state index in [0.29, 0.717) is 32.7 Å². The van der Waals surface area contributed by atoms with Crippen LogP contribution in [-0.2, 0) is 24.4 Å². The molecule has 2 amide bonds. The molecule has 1 aromatic heterocycles. The molecule has 1 unspecified atom stereocenters. The van der Waals surface area contributed by atoms with Gasteiger partial charge in [0.1, 0.15) is 24.7 Å². The Labute approximate surface area is 196 Å². The van der Waals surface area contributed by atoms with E-state index in [2.05, 4.69) is 15.6 Å². The summed E-state index contributed by atoms with van der Waals surface area (Å²) in [6.45, 7) is 2.36. The van der Waals surface area contributed by atoms with Crippen molar-refractivity contribution in [3.63, 3.8) is 0 Å².